The highest BCUT2D eigenvalue weighted by molar-refractivity contribution is 5.93. The molecule has 2 aromatic carbocycles. The van der Waals surface area contributed by atoms with Crippen LogP contribution >= 0.6 is 0 Å². The Morgan fingerprint density at radius 1 is 1.19 bits per heavy atom. The molecule has 26 heavy (non-hydrogen) atoms. The number of halogens is 2. The third kappa shape index (κ3) is 3.14. The number of imidazole rings is 1. The van der Waals surface area contributed by atoms with E-state index in [0.717, 1.165) is 18.2 Å². The van der Waals surface area contributed by atoms with Crippen LogP contribution in [0.2, 0.25) is 0 Å². The van der Waals surface area contributed by atoms with Crippen molar-refractivity contribution in [1.82, 2.24) is 24.7 Å². The number of benzene rings is 2. The highest BCUT2D eigenvalue weighted by Gasteiger charge is 2.12. The molecule has 0 aliphatic rings. The van der Waals surface area contributed by atoms with Gasteiger partial charge in [0.2, 0.25) is 5.91 Å². The molecule has 7 nitrogen and oxygen atoms in total. The highest BCUT2D eigenvalue weighted by atomic mass is 19.1. The lowest BCUT2D eigenvalue weighted by molar-refractivity contribution is -0.116. The van der Waals surface area contributed by atoms with Gasteiger partial charge in [-0.15, -0.1) is 0 Å². The fraction of sp³-hybridized carbons (Fsp3) is 0.0588. The monoisotopic (exact) mass is 354 g/mol. The second-order valence-electron chi connectivity index (χ2n) is 5.58. The predicted octanol–water partition coefficient (Wildman–Crippen LogP) is 2.74. The Balaban J connectivity index is 1.59. The van der Waals surface area contributed by atoms with Crippen LogP contribution in [-0.4, -0.2) is 30.6 Å². The largest absolute Gasteiger partial charge is 0.338 e. The third-order valence-electron chi connectivity index (χ3n) is 3.72. The van der Waals surface area contributed by atoms with Gasteiger partial charge < -0.3 is 10.3 Å². The van der Waals surface area contributed by atoms with E-state index >= 15 is 0 Å². The Kier molecular flexibility index (Phi) is 3.88. The van der Waals surface area contributed by atoms with E-state index in [1.807, 2.05) is 0 Å². The van der Waals surface area contributed by atoms with Gasteiger partial charge in [-0.25, -0.2) is 23.4 Å². The molecule has 9 heteroatoms. The van der Waals surface area contributed by atoms with Crippen molar-refractivity contribution >= 4 is 22.6 Å². The minimum absolute atomic E-state index is 0.0285. The van der Waals surface area contributed by atoms with E-state index in [9.17, 15) is 13.6 Å². The molecule has 2 aromatic heterocycles. The molecule has 0 aliphatic carbocycles. The lowest BCUT2D eigenvalue weighted by atomic mass is 10.2. The van der Waals surface area contributed by atoms with E-state index in [0.29, 0.717) is 16.7 Å². The number of nitrogens with zero attached hydrogens (tertiary/aromatic N) is 4. The summed E-state index contributed by atoms with van der Waals surface area (Å²) in [4.78, 5) is 23.0. The Hall–Kier alpha value is -3.62. The number of anilines is 1. The van der Waals surface area contributed by atoms with Gasteiger partial charge in [0, 0.05) is 5.69 Å². The van der Waals surface area contributed by atoms with Gasteiger partial charge in [0.05, 0.1) is 16.6 Å². The Labute approximate surface area is 145 Å². The molecular formula is C17H12F2N6O. The number of fused-ring (bicyclic) bond motifs is 1. The van der Waals surface area contributed by atoms with Crippen molar-refractivity contribution in [3.63, 3.8) is 0 Å². The van der Waals surface area contributed by atoms with Crippen LogP contribution in [0.5, 0.6) is 0 Å². The first kappa shape index (κ1) is 15.9. The van der Waals surface area contributed by atoms with Gasteiger partial charge in [0.1, 0.15) is 36.7 Å². The van der Waals surface area contributed by atoms with Crippen molar-refractivity contribution in [1.29, 1.82) is 0 Å². The van der Waals surface area contributed by atoms with Crippen LogP contribution in [0.15, 0.2) is 49.1 Å². The minimum Gasteiger partial charge on any atom is -0.338 e. The molecule has 0 aliphatic heterocycles. The SMILES string of the molecule is O=C(Cn1cncn1)Nc1ccc2nc(-c3cc(F)ccc3F)[nH]c2c1. The lowest BCUT2D eigenvalue weighted by Crippen LogP contribution is -2.18. The molecule has 0 atom stereocenters. The van der Waals surface area contributed by atoms with Gasteiger partial charge in [-0.2, -0.15) is 5.10 Å². The summed E-state index contributed by atoms with van der Waals surface area (Å²) < 4.78 is 28.7. The molecule has 0 spiro atoms. The molecule has 0 bridgehead atoms. The second-order valence-corrected chi connectivity index (χ2v) is 5.58. The van der Waals surface area contributed by atoms with E-state index in [-0.39, 0.29) is 23.8 Å². The van der Waals surface area contributed by atoms with Crippen LogP contribution in [0.25, 0.3) is 22.4 Å². The first-order chi connectivity index (χ1) is 12.6. The van der Waals surface area contributed by atoms with Crippen molar-refractivity contribution in [3.05, 3.63) is 60.7 Å². The molecule has 0 saturated heterocycles. The number of aromatic nitrogens is 5. The number of amides is 1. The summed E-state index contributed by atoms with van der Waals surface area (Å²) in [6.07, 6.45) is 2.79. The Bertz CT molecular complexity index is 1090. The maximum Gasteiger partial charge on any atom is 0.246 e. The molecule has 0 unspecified atom stereocenters. The molecule has 4 aromatic rings. The quantitative estimate of drug-likeness (QED) is 0.590. The third-order valence-corrected chi connectivity index (χ3v) is 3.72. The molecular weight excluding hydrogens is 342 g/mol. The zero-order chi connectivity index (χ0) is 18.1. The van der Waals surface area contributed by atoms with Gasteiger partial charge in [0.15, 0.2) is 0 Å². The summed E-state index contributed by atoms with van der Waals surface area (Å²) in [7, 11) is 0. The van der Waals surface area contributed by atoms with Gasteiger partial charge >= 0.3 is 0 Å². The summed E-state index contributed by atoms with van der Waals surface area (Å²) in [6.45, 7) is 0.0285. The second kappa shape index (κ2) is 6.36. The van der Waals surface area contributed by atoms with Gasteiger partial charge in [-0.3, -0.25) is 4.79 Å². The number of hydrogen-bond acceptors (Lipinski definition) is 4. The standard InChI is InChI=1S/C17H12F2N6O/c18-10-1-3-13(19)12(5-10)17-23-14-4-2-11(6-15(14)24-17)22-16(26)7-25-9-20-8-21-25/h1-6,8-9H,7H2,(H,22,26)(H,23,24). The zero-order valence-electron chi connectivity index (χ0n) is 13.3. The van der Waals surface area contributed by atoms with E-state index in [1.165, 1.54) is 17.3 Å². The Morgan fingerprint density at radius 3 is 2.88 bits per heavy atom. The average Bonchev–Trinajstić information content (AvgIpc) is 3.26. The summed E-state index contributed by atoms with van der Waals surface area (Å²) in [5, 5.41) is 6.59. The first-order valence-corrected chi connectivity index (χ1v) is 7.66. The zero-order valence-corrected chi connectivity index (χ0v) is 13.3. The van der Waals surface area contributed by atoms with Crippen LogP contribution in [0.4, 0.5) is 14.5 Å². The van der Waals surface area contributed by atoms with Crippen molar-refractivity contribution < 1.29 is 13.6 Å². The molecule has 130 valence electrons. The van der Waals surface area contributed by atoms with Crippen LogP contribution < -0.4 is 5.32 Å². The molecule has 0 radical (unpaired) electrons. The normalized spacial score (nSPS) is 11.0. The fourth-order valence-electron chi connectivity index (χ4n) is 2.56. The van der Waals surface area contributed by atoms with E-state index in [2.05, 4.69) is 25.4 Å². The fourth-order valence-corrected chi connectivity index (χ4v) is 2.56. The lowest BCUT2D eigenvalue weighted by Gasteiger charge is -2.04. The predicted molar refractivity (Wildman–Crippen MR) is 90.1 cm³/mol. The number of carbonyl (C=O) groups is 1. The maximum atomic E-state index is 13.9. The highest BCUT2D eigenvalue weighted by Crippen LogP contribution is 2.25. The van der Waals surface area contributed by atoms with E-state index < -0.39 is 11.6 Å². The Morgan fingerprint density at radius 2 is 2.08 bits per heavy atom. The van der Waals surface area contributed by atoms with Crippen LogP contribution in [-0.2, 0) is 11.3 Å². The minimum atomic E-state index is -0.577. The maximum absolute atomic E-state index is 13.9. The van der Waals surface area contributed by atoms with Crippen LogP contribution in [0, 0.1) is 11.6 Å². The molecule has 2 N–H and O–H groups in total. The molecule has 2 heterocycles. The van der Waals surface area contributed by atoms with Crippen molar-refractivity contribution in [3.8, 4) is 11.4 Å². The van der Waals surface area contributed by atoms with Gasteiger partial charge in [0.25, 0.3) is 0 Å². The van der Waals surface area contributed by atoms with Crippen molar-refractivity contribution in [2.75, 3.05) is 5.32 Å². The number of aromatic amines is 1. The molecule has 1 amide bonds. The number of carbonyl (C=O) groups excluding carboxylic acids is 1. The average molecular weight is 354 g/mol. The summed E-state index contributed by atoms with van der Waals surface area (Å²) in [5.41, 5.74) is 1.73. The van der Waals surface area contributed by atoms with E-state index in [1.54, 1.807) is 18.2 Å². The number of hydrogen-bond donors (Lipinski definition) is 2. The van der Waals surface area contributed by atoms with Crippen LogP contribution in [0.1, 0.15) is 0 Å². The molecule has 0 saturated carbocycles. The summed E-state index contributed by atoms with van der Waals surface area (Å²) in [5.74, 6) is -1.19. The first-order valence-electron chi connectivity index (χ1n) is 7.66. The number of rotatable bonds is 4. The van der Waals surface area contributed by atoms with Crippen LogP contribution in [0.3, 0.4) is 0 Å². The number of nitrogens with one attached hydrogen (secondary N) is 2. The smallest absolute Gasteiger partial charge is 0.246 e. The van der Waals surface area contributed by atoms with E-state index in [4.69, 9.17) is 0 Å². The summed E-state index contributed by atoms with van der Waals surface area (Å²) >= 11 is 0. The number of H-pyrrole nitrogens is 1. The van der Waals surface area contributed by atoms with Crippen molar-refractivity contribution in [2.24, 2.45) is 0 Å². The van der Waals surface area contributed by atoms with Crippen molar-refractivity contribution in [2.45, 2.75) is 6.54 Å². The van der Waals surface area contributed by atoms with Gasteiger partial charge in [-0.05, 0) is 36.4 Å². The molecule has 4 rings (SSSR count). The molecule has 0 fully saturated rings. The van der Waals surface area contributed by atoms with Gasteiger partial charge in [-0.1, -0.05) is 0 Å². The topological polar surface area (TPSA) is 88.5 Å². The summed E-state index contributed by atoms with van der Waals surface area (Å²) in [6, 6.07) is 8.19.